The molecule has 0 saturated heterocycles. The number of methoxy groups -OCH3 is 1. The van der Waals surface area contributed by atoms with Crippen LogP contribution in [0.3, 0.4) is 0 Å². The molecule has 0 aliphatic heterocycles. The van der Waals surface area contributed by atoms with Crippen LogP contribution in [0.25, 0.3) is 0 Å². The molecule has 0 bridgehead atoms. The SMILES string of the molecule is CCCn1c(CCc2ccccc2)nnc1SCC(=O)Nc1ccc(OC)cc1. The lowest BCUT2D eigenvalue weighted by Crippen LogP contribution is -2.15. The van der Waals surface area contributed by atoms with E-state index in [0.717, 1.165) is 48.2 Å². The van der Waals surface area contributed by atoms with Crippen LogP contribution in [0.15, 0.2) is 59.8 Å². The van der Waals surface area contributed by atoms with Gasteiger partial charge in [-0.1, -0.05) is 49.0 Å². The summed E-state index contributed by atoms with van der Waals surface area (Å²) in [6, 6.07) is 17.7. The first kappa shape index (κ1) is 20.9. The molecule has 3 rings (SSSR count). The van der Waals surface area contributed by atoms with Gasteiger partial charge in [-0.2, -0.15) is 0 Å². The molecule has 0 aliphatic carbocycles. The molecular formula is C22H26N4O2S. The Bertz CT molecular complexity index is 910. The average molecular weight is 411 g/mol. The third-order valence-electron chi connectivity index (χ3n) is 4.43. The highest BCUT2D eigenvalue weighted by molar-refractivity contribution is 7.99. The van der Waals surface area contributed by atoms with E-state index >= 15 is 0 Å². The Morgan fingerprint density at radius 2 is 1.83 bits per heavy atom. The third kappa shape index (κ3) is 6.09. The molecule has 2 aromatic carbocycles. The van der Waals surface area contributed by atoms with Gasteiger partial charge in [0, 0.05) is 18.7 Å². The fourth-order valence-corrected chi connectivity index (χ4v) is 3.74. The molecule has 0 saturated carbocycles. The average Bonchev–Trinajstić information content (AvgIpc) is 3.14. The van der Waals surface area contributed by atoms with Crippen LogP contribution in [0.4, 0.5) is 5.69 Å². The summed E-state index contributed by atoms with van der Waals surface area (Å²) in [5.74, 6) is 1.94. The molecule has 1 heterocycles. The summed E-state index contributed by atoms with van der Waals surface area (Å²) in [7, 11) is 1.62. The molecule has 7 heteroatoms. The Hall–Kier alpha value is -2.80. The van der Waals surface area contributed by atoms with Crippen LogP contribution in [-0.2, 0) is 24.2 Å². The van der Waals surface area contributed by atoms with E-state index in [-0.39, 0.29) is 11.7 Å². The fourth-order valence-electron chi connectivity index (χ4n) is 2.96. The number of ether oxygens (including phenoxy) is 1. The zero-order valence-corrected chi connectivity index (χ0v) is 17.6. The zero-order chi connectivity index (χ0) is 20.5. The minimum Gasteiger partial charge on any atom is -0.497 e. The Morgan fingerprint density at radius 3 is 2.52 bits per heavy atom. The Morgan fingerprint density at radius 1 is 1.07 bits per heavy atom. The van der Waals surface area contributed by atoms with Gasteiger partial charge < -0.3 is 14.6 Å². The third-order valence-corrected chi connectivity index (χ3v) is 5.39. The Labute approximate surface area is 175 Å². The van der Waals surface area contributed by atoms with Gasteiger partial charge >= 0.3 is 0 Å². The number of hydrogen-bond donors (Lipinski definition) is 1. The maximum Gasteiger partial charge on any atom is 0.234 e. The normalized spacial score (nSPS) is 10.7. The maximum absolute atomic E-state index is 12.3. The number of aryl methyl sites for hydroxylation is 2. The molecule has 6 nitrogen and oxygen atoms in total. The number of nitrogens with one attached hydrogen (secondary N) is 1. The first-order valence-corrected chi connectivity index (χ1v) is 10.7. The smallest absolute Gasteiger partial charge is 0.234 e. The van der Waals surface area contributed by atoms with Crippen molar-refractivity contribution in [3.63, 3.8) is 0 Å². The summed E-state index contributed by atoms with van der Waals surface area (Å²) in [5.41, 5.74) is 2.03. The number of carbonyl (C=O) groups excluding carboxylic acids is 1. The first-order valence-electron chi connectivity index (χ1n) is 9.72. The van der Waals surface area contributed by atoms with Crippen LogP contribution in [-0.4, -0.2) is 33.5 Å². The van der Waals surface area contributed by atoms with Crippen LogP contribution in [0, 0.1) is 0 Å². The lowest BCUT2D eigenvalue weighted by molar-refractivity contribution is -0.113. The van der Waals surface area contributed by atoms with Crippen molar-refractivity contribution in [3.8, 4) is 5.75 Å². The molecule has 152 valence electrons. The highest BCUT2D eigenvalue weighted by atomic mass is 32.2. The molecule has 0 radical (unpaired) electrons. The van der Waals surface area contributed by atoms with Gasteiger partial charge in [-0.05, 0) is 42.7 Å². The number of hydrogen-bond acceptors (Lipinski definition) is 5. The molecular weight excluding hydrogens is 384 g/mol. The summed E-state index contributed by atoms with van der Waals surface area (Å²) in [5, 5.41) is 12.4. The van der Waals surface area contributed by atoms with E-state index in [0.29, 0.717) is 0 Å². The first-order chi connectivity index (χ1) is 14.2. The summed E-state index contributed by atoms with van der Waals surface area (Å²) in [6.07, 6.45) is 2.74. The molecule has 0 atom stereocenters. The molecule has 3 aromatic rings. The molecule has 0 spiro atoms. The van der Waals surface area contributed by atoms with E-state index in [2.05, 4.69) is 51.3 Å². The van der Waals surface area contributed by atoms with Crippen molar-refractivity contribution in [2.75, 3.05) is 18.2 Å². The molecule has 1 aromatic heterocycles. The van der Waals surface area contributed by atoms with Crippen molar-refractivity contribution in [2.45, 2.75) is 37.9 Å². The number of anilines is 1. The van der Waals surface area contributed by atoms with Gasteiger partial charge in [-0.25, -0.2) is 0 Å². The van der Waals surface area contributed by atoms with Crippen molar-refractivity contribution < 1.29 is 9.53 Å². The maximum atomic E-state index is 12.3. The van der Waals surface area contributed by atoms with E-state index in [1.807, 2.05) is 30.3 Å². The molecule has 29 heavy (non-hydrogen) atoms. The van der Waals surface area contributed by atoms with Gasteiger partial charge in [0.15, 0.2) is 5.16 Å². The summed E-state index contributed by atoms with van der Waals surface area (Å²) in [6.45, 7) is 2.98. The van der Waals surface area contributed by atoms with E-state index < -0.39 is 0 Å². The number of thioether (sulfide) groups is 1. The van der Waals surface area contributed by atoms with Gasteiger partial charge in [-0.15, -0.1) is 10.2 Å². The lowest BCUT2D eigenvalue weighted by Gasteiger charge is -2.09. The van der Waals surface area contributed by atoms with Crippen molar-refractivity contribution >= 4 is 23.4 Å². The van der Waals surface area contributed by atoms with Gasteiger partial charge in [0.05, 0.1) is 12.9 Å². The monoisotopic (exact) mass is 410 g/mol. The minimum atomic E-state index is -0.0722. The number of carbonyl (C=O) groups is 1. The number of amides is 1. The van der Waals surface area contributed by atoms with Crippen molar-refractivity contribution in [3.05, 3.63) is 66.0 Å². The lowest BCUT2D eigenvalue weighted by atomic mass is 10.1. The topological polar surface area (TPSA) is 69.0 Å². The molecule has 0 aliphatic rings. The fraction of sp³-hybridized carbons (Fsp3) is 0.318. The highest BCUT2D eigenvalue weighted by Gasteiger charge is 2.14. The predicted molar refractivity (Wildman–Crippen MR) is 117 cm³/mol. The number of rotatable bonds is 10. The van der Waals surface area contributed by atoms with Crippen LogP contribution >= 0.6 is 11.8 Å². The quantitative estimate of drug-likeness (QED) is 0.507. The highest BCUT2D eigenvalue weighted by Crippen LogP contribution is 2.20. The zero-order valence-electron chi connectivity index (χ0n) is 16.8. The van der Waals surface area contributed by atoms with Crippen LogP contribution < -0.4 is 10.1 Å². The van der Waals surface area contributed by atoms with Gasteiger partial charge in [0.2, 0.25) is 5.91 Å². The number of nitrogens with zero attached hydrogens (tertiary/aromatic N) is 3. The Kier molecular flexibility index (Phi) is 7.69. The molecule has 1 amide bonds. The summed E-state index contributed by atoms with van der Waals surface area (Å²) in [4.78, 5) is 12.3. The standard InChI is InChI=1S/C22H26N4O2S/c1-3-15-26-20(14-9-17-7-5-4-6-8-17)24-25-22(26)29-16-21(27)23-18-10-12-19(28-2)13-11-18/h4-8,10-13H,3,9,14-16H2,1-2H3,(H,23,27). The molecule has 0 unspecified atom stereocenters. The van der Waals surface area contributed by atoms with E-state index in [4.69, 9.17) is 4.74 Å². The number of aromatic nitrogens is 3. The van der Waals surface area contributed by atoms with Gasteiger partial charge in [0.1, 0.15) is 11.6 Å². The molecule has 1 N–H and O–H groups in total. The second-order valence-corrected chi connectivity index (χ2v) is 7.54. The second kappa shape index (κ2) is 10.7. The van der Waals surface area contributed by atoms with Crippen LogP contribution in [0.5, 0.6) is 5.75 Å². The van der Waals surface area contributed by atoms with Gasteiger partial charge in [-0.3, -0.25) is 4.79 Å². The van der Waals surface area contributed by atoms with Crippen LogP contribution in [0.1, 0.15) is 24.7 Å². The van der Waals surface area contributed by atoms with E-state index in [9.17, 15) is 4.79 Å². The largest absolute Gasteiger partial charge is 0.497 e. The van der Waals surface area contributed by atoms with E-state index in [1.165, 1.54) is 17.3 Å². The van der Waals surface area contributed by atoms with Crippen molar-refractivity contribution in [1.82, 2.24) is 14.8 Å². The minimum absolute atomic E-state index is 0.0722. The predicted octanol–water partition coefficient (Wildman–Crippen LogP) is 4.21. The van der Waals surface area contributed by atoms with Gasteiger partial charge in [0.25, 0.3) is 0 Å². The van der Waals surface area contributed by atoms with Crippen LogP contribution in [0.2, 0.25) is 0 Å². The summed E-state index contributed by atoms with van der Waals surface area (Å²) < 4.78 is 7.26. The second-order valence-electron chi connectivity index (χ2n) is 6.60. The number of benzene rings is 2. The summed E-state index contributed by atoms with van der Waals surface area (Å²) >= 11 is 1.42. The molecule has 0 fully saturated rings. The van der Waals surface area contributed by atoms with E-state index in [1.54, 1.807) is 7.11 Å². The van der Waals surface area contributed by atoms with Crippen molar-refractivity contribution in [1.29, 1.82) is 0 Å². The van der Waals surface area contributed by atoms with Crippen molar-refractivity contribution in [2.24, 2.45) is 0 Å². The Balaban J connectivity index is 1.57.